The quantitative estimate of drug-likeness (QED) is 0.380. The Morgan fingerprint density at radius 3 is 1.97 bits per heavy atom. The van der Waals surface area contributed by atoms with Crippen LogP contribution in [0.5, 0.6) is 5.75 Å². The van der Waals surface area contributed by atoms with Crippen LogP contribution in [0.3, 0.4) is 0 Å². The number of carbonyl (C=O) groups excluding carboxylic acids is 1. The molecule has 0 spiro atoms. The monoisotopic (exact) mass is 442 g/mol. The molecular formula is C29H46O3. The zero-order valence-corrected chi connectivity index (χ0v) is 21.4. The Balaban J connectivity index is 1.65. The van der Waals surface area contributed by atoms with E-state index in [-0.39, 0.29) is 18.2 Å². The number of para-hydroxylation sites is 1. The van der Waals surface area contributed by atoms with E-state index in [1.807, 2.05) is 24.3 Å². The summed E-state index contributed by atoms with van der Waals surface area (Å²) in [6.45, 7) is 14.0. The van der Waals surface area contributed by atoms with Crippen molar-refractivity contribution in [1.82, 2.24) is 0 Å². The molecule has 0 N–H and O–H groups in total. The highest BCUT2D eigenvalue weighted by Crippen LogP contribution is 2.43. The van der Waals surface area contributed by atoms with Gasteiger partial charge in [0.1, 0.15) is 17.4 Å². The summed E-state index contributed by atoms with van der Waals surface area (Å²) in [5.74, 6) is 1.76. The maximum Gasteiger partial charge on any atom is 0.342 e. The minimum Gasteiger partial charge on any atom is -0.490 e. The fraction of sp³-hybridized carbons (Fsp3) is 0.759. The number of carbonyl (C=O) groups is 1. The SMILES string of the molecule is CCC(C)(C)C1CCCC(OC(=O)c2ccccc2OC2CCCC(C(C)(C)CC)C2)C1. The number of esters is 1. The third-order valence-corrected chi connectivity index (χ3v) is 8.96. The average molecular weight is 443 g/mol. The molecule has 1 aromatic rings. The van der Waals surface area contributed by atoms with Crippen molar-refractivity contribution >= 4 is 5.97 Å². The molecule has 2 aliphatic rings. The predicted molar refractivity (Wildman–Crippen MR) is 132 cm³/mol. The van der Waals surface area contributed by atoms with Crippen LogP contribution in [-0.2, 0) is 4.74 Å². The molecule has 0 aliphatic heterocycles. The van der Waals surface area contributed by atoms with Gasteiger partial charge in [0.15, 0.2) is 0 Å². The molecule has 32 heavy (non-hydrogen) atoms. The lowest BCUT2D eigenvalue weighted by Crippen LogP contribution is -2.34. The second kappa shape index (κ2) is 10.6. The maximum absolute atomic E-state index is 13.2. The molecule has 0 heterocycles. The molecule has 3 rings (SSSR count). The molecule has 0 aromatic heterocycles. The third-order valence-electron chi connectivity index (χ3n) is 8.96. The van der Waals surface area contributed by atoms with Gasteiger partial charge in [0.2, 0.25) is 0 Å². The van der Waals surface area contributed by atoms with Gasteiger partial charge in [0.25, 0.3) is 0 Å². The molecule has 1 aromatic carbocycles. The fourth-order valence-corrected chi connectivity index (χ4v) is 5.63. The van der Waals surface area contributed by atoms with Crippen LogP contribution in [0.1, 0.15) is 116 Å². The van der Waals surface area contributed by atoms with Gasteiger partial charge >= 0.3 is 5.97 Å². The normalized spacial score (nSPS) is 27.1. The standard InChI is InChI=1S/C29H46O3/c1-7-28(3,4)21-13-11-15-23(19-21)31-26-18-10-9-17-25(26)27(30)32-24-16-12-14-22(20-24)29(5,6)8-2/h9-10,17-18,21-24H,7-8,11-16,19-20H2,1-6H3. The van der Waals surface area contributed by atoms with Crippen LogP contribution < -0.4 is 4.74 Å². The van der Waals surface area contributed by atoms with Gasteiger partial charge in [-0.05, 0) is 86.2 Å². The second-order valence-electron chi connectivity index (χ2n) is 11.7. The molecule has 0 bridgehead atoms. The summed E-state index contributed by atoms with van der Waals surface area (Å²) in [5.41, 5.74) is 1.22. The summed E-state index contributed by atoms with van der Waals surface area (Å²) in [5, 5.41) is 0. The Hall–Kier alpha value is -1.51. The first-order valence-corrected chi connectivity index (χ1v) is 13.1. The van der Waals surface area contributed by atoms with E-state index in [9.17, 15) is 4.79 Å². The van der Waals surface area contributed by atoms with Gasteiger partial charge in [0.05, 0.1) is 6.10 Å². The van der Waals surface area contributed by atoms with E-state index in [1.165, 1.54) is 25.7 Å². The lowest BCUT2D eigenvalue weighted by molar-refractivity contribution is -0.000424. The molecular weight excluding hydrogens is 396 g/mol. The number of rotatable bonds is 8. The largest absolute Gasteiger partial charge is 0.490 e. The Bertz CT molecular complexity index is 751. The molecule has 3 heteroatoms. The predicted octanol–water partition coefficient (Wildman–Crippen LogP) is 8.21. The minimum absolute atomic E-state index is 0.0181. The van der Waals surface area contributed by atoms with Gasteiger partial charge in [-0.2, -0.15) is 0 Å². The first kappa shape index (κ1) is 25.1. The van der Waals surface area contributed by atoms with E-state index in [1.54, 1.807) is 0 Å². The fourth-order valence-electron chi connectivity index (χ4n) is 5.63. The summed E-state index contributed by atoms with van der Waals surface area (Å²) in [6, 6.07) is 7.68. The van der Waals surface area contributed by atoms with Crippen molar-refractivity contribution in [2.24, 2.45) is 22.7 Å². The van der Waals surface area contributed by atoms with Crippen LogP contribution in [0, 0.1) is 22.7 Å². The molecule has 3 nitrogen and oxygen atoms in total. The summed E-state index contributed by atoms with van der Waals surface area (Å²) in [4.78, 5) is 13.2. The number of benzene rings is 1. The summed E-state index contributed by atoms with van der Waals surface area (Å²) in [7, 11) is 0. The summed E-state index contributed by atoms with van der Waals surface area (Å²) >= 11 is 0. The Morgan fingerprint density at radius 2 is 1.38 bits per heavy atom. The van der Waals surface area contributed by atoms with E-state index in [2.05, 4.69) is 41.5 Å². The van der Waals surface area contributed by atoms with Gasteiger partial charge < -0.3 is 9.47 Å². The molecule has 0 amide bonds. The van der Waals surface area contributed by atoms with Gasteiger partial charge in [-0.1, -0.05) is 66.5 Å². The van der Waals surface area contributed by atoms with E-state index in [0.29, 0.717) is 34.0 Å². The van der Waals surface area contributed by atoms with Gasteiger partial charge in [-0.25, -0.2) is 4.79 Å². The van der Waals surface area contributed by atoms with Crippen LogP contribution in [-0.4, -0.2) is 18.2 Å². The van der Waals surface area contributed by atoms with E-state index in [4.69, 9.17) is 9.47 Å². The van der Waals surface area contributed by atoms with Gasteiger partial charge in [-0.15, -0.1) is 0 Å². The maximum atomic E-state index is 13.2. The molecule has 180 valence electrons. The van der Waals surface area contributed by atoms with Crippen molar-refractivity contribution in [2.45, 2.75) is 118 Å². The second-order valence-corrected chi connectivity index (χ2v) is 11.7. The minimum atomic E-state index is -0.221. The smallest absolute Gasteiger partial charge is 0.342 e. The lowest BCUT2D eigenvalue weighted by Gasteiger charge is -2.39. The molecule has 2 saturated carbocycles. The highest BCUT2D eigenvalue weighted by molar-refractivity contribution is 5.92. The Labute approximate surface area is 196 Å². The number of hydrogen-bond donors (Lipinski definition) is 0. The summed E-state index contributed by atoms with van der Waals surface area (Å²) in [6.07, 6.45) is 11.5. The molecule has 2 fully saturated rings. The van der Waals surface area contributed by atoms with Crippen molar-refractivity contribution < 1.29 is 14.3 Å². The highest BCUT2D eigenvalue weighted by atomic mass is 16.5. The Morgan fingerprint density at radius 1 is 0.844 bits per heavy atom. The molecule has 2 aliphatic carbocycles. The van der Waals surface area contributed by atoms with Gasteiger partial charge in [-0.3, -0.25) is 0 Å². The van der Waals surface area contributed by atoms with Crippen LogP contribution in [0.15, 0.2) is 24.3 Å². The zero-order valence-electron chi connectivity index (χ0n) is 21.4. The number of ether oxygens (including phenoxy) is 2. The highest BCUT2D eigenvalue weighted by Gasteiger charge is 2.36. The topological polar surface area (TPSA) is 35.5 Å². The third kappa shape index (κ3) is 6.08. The molecule has 0 radical (unpaired) electrons. The van der Waals surface area contributed by atoms with Crippen molar-refractivity contribution in [1.29, 1.82) is 0 Å². The van der Waals surface area contributed by atoms with Crippen molar-refractivity contribution in [3.05, 3.63) is 29.8 Å². The zero-order chi connectivity index (χ0) is 23.4. The summed E-state index contributed by atoms with van der Waals surface area (Å²) < 4.78 is 12.5. The first-order valence-electron chi connectivity index (χ1n) is 13.1. The van der Waals surface area contributed by atoms with Crippen LogP contribution in [0.25, 0.3) is 0 Å². The van der Waals surface area contributed by atoms with Gasteiger partial charge in [0, 0.05) is 0 Å². The molecule has 4 unspecified atom stereocenters. The van der Waals surface area contributed by atoms with Crippen LogP contribution in [0.2, 0.25) is 0 Å². The number of hydrogen-bond acceptors (Lipinski definition) is 3. The van der Waals surface area contributed by atoms with E-state index in [0.717, 1.165) is 38.5 Å². The van der Waals surface area contributed by atoms with E-state index >= 15 is 0 Å². The Kier molecular flexibility index (Phi) is 8.33. The van der Waals surface area contributed by atoms with Crippen LogP contribution in [0.4, 0.5) is 0 Å². The first-order chi connectivity index (χ1) is 15.2. The van der Waals surface area contributed by atoms with Crippen molar-refractivity contribution in [3.8, 4) is 5.75 Å². The van der Waals surface area contributed by atoms with Crippen molar-refractivity contribution in [3.63, 3.8) is 0 Å². The van der Waals surface area contributed by atoms with Crippen molar-refractivity contribution in [2.75, 3.05) is 0 Å². The molecule has 0 saturated heterocycles. The van der Waals surface area contributed by atoms with E-state index < -0.39 is 0 Å². The lowest BCUT2D eigenvalue weighted by atomic mass is 9.69. The van der Waals surface area contributed by atoms with Crippen LogP contribution >= 0.6 is 0 Å². The average Bonchev–Trinajstić information content (AvgIpc) is 2.79. The molecule has 4 atom stereocenters.